The molecule has 1 aromatic rings. The molecule has 0 bridgehead atoms. The predicted octanol–water partition coefficient (Wildman–Crippen LogP) is 1.56. The number of aryl methyl sites for hydroxylation is 1. The first-order valence-corrected chi connectivity index (χ1v) is 9.13. The Morgan fingerprint density at radius 1 is 1.41 bits per heavy atom. The number of sulfonamides is 1. The minimum absolute atomic E-state index is 0.185. The zero-order valence-corrected chi connectivity index (χ0v) is 13.6. The number of hydrogen-bond donors (Lipinski definition) is 1. The molecule has 0 spiro atoms. The summed E-state index contributed by atoms with van der Waals surface area (Å²) in [6.07, 6.45) is 3.22. The number of halogens is 1. The quantitative estimate of drug-likeness (QED) is 0.912. The molecule has 1 aliphatic heterocycles. The summed E-state index contributed by atoms with van der Waals surface area (Å²) in [6.45, 7) is 2.23. The van der Waals surface area contributed by atoms with Gasteiger partial charge in [-0.25, -0.2) is 12.8 Å². The molecular formula is C15H21FN2O3S. The van der Waals surface area contributed by atoms with Gasteiger partial charge in [-0.05, 0) is 37.0 Å². The van der Waals surface area contributed by atoms with E-state index in [2.05, 4.69) is 5.32 Å². The fourth-order valence-electron chi connectivity index (χ4n) is 2.62. The average Bonchev–Trinajstić information content (AvgIpc) is 2.47. The summed E-state index contributed by atoms with van der Waals surface area (Å²) in [4.78, 5) is 12.3. The van der Waals surface area contributed by atoms with Crippen molar-refractivity contribution in [2.24, 2.45) is 0 Å². The van der Waals surface area contributed by atoms with Crippen LogP contribution in [-0.4, -0.2) is 37.5 Å². The van der Waals surface area contributed by atoms with Crippen LogP contribution in [0.25, 0.3) is 0 Å². The third kappa shape index (κ3) is 4.04. The molecule has 1 fully saturated rings. The monoisotopic (exact) mass is 328 g/mol. The molecule has 1 unspecified atom stereocenters. The van der Waals surface area contributed by atoms with E-state index in [1.807, 2.05) is 0 Å². The SMILES string of the molecule is Cc1ccc(CNC(=O)C2CCCCN2S(C)(=O)=O)cc1F. The fourth-order valence-corrected chi connectivity index (χ4v) is 3.74. The third-order valence-corrected chi connectivity index (χ3v) is 5.17. The fraction of sp³-hybridized carbons (Fsp3) is 0.533. The molecule has 0 aliphatic carbocycles. The van der Waals surface area contributed by atoms with E-state index >= 15 is 0 Å². The summed E-state index contributed by atoms with van der Waals surface area (Å²) in [5.74, 6) is -0.645. The van der Waals surface area contributed by atoms with Crippen LogP contribution in [-0.2, 0) is 21.4 Å². The lowest BCUT2D eigenvalue weighted by atomic mass is 10.0. The van der Waals surface area contributed by atoms with E-state index in [-0.39, 0.29) is 18.3 Å². The maximum atomic E-state index is 13.5. The molecule has 0 radical (unpaired) electrons. The molecule has 1 N–H and O–H groups in total. The first-order chi connectivity index (χ1) is 10.3. The molecule has 2 rings (SSSR count). The highest BCUT2D eigenvalue weighted by Gasteiger charge is 2.34. The summed E-state index contributed by atoms with van der Waals surface area (Å²) >= 11 is 0. The first kappa shape index (κ1) is 16.9. The first-order valence-electron chi connectivity index (χ1n) is 7.28. The van der Waals surface area contributed by atoms with E-state index in [1.165, 1.54) is 10.4 Å². The second-order valence-corrected chi connectivity index (χ2v) is 7.62. The van der Waals surface area contributed by atoms with Crippen LogP contribution in [0.5, 0.6) is 0 Å². The van der Waals surface area contributed by atoms with Gasteiger partial charge in [0.05, 0.1) is 6.26 Å². The van der Waals surface area contributed by atoms with E-state index in [0.29, 0.717) is 24.1 Å². The van der Waals surface area contributed by atoms with Crippen molar-refractivity contribution in [1.82, 2.24) is 9.62 Å². The highest BCUT2D eigenvalue weighted by molar-refractivity contribution is 7.88. The summed E-state index contributed by atoms with van der Waals surface area (Å²) in [5.41, 5.74) is 1.20. The summed E-state index contributed by atoms with van der Waals surface area (Å²) in [5, 5.41) is 2.71. The van der Waals surface area contributed by atoms with Crippen LogP contribution in [0.4, 0.5) is 4.39 Å². The van der Waals surface area contributed by atoms with Gasteiger partial charge in [0.2, 0.25) is 15.9 Å². The summed E-state index contributed by atoms with van der Waals surface area (Å²) in [6, 6.07) is 4.11. The zero-order chi connectivity index (χ0) is 16.3. The van der Waals surface area contributed by atoms with Crippen molar-refractivity contribution in [2.45, 2.75) is 38.8 Å². The number of nitrogens with one attached hydrogen (secondary N) is 1. The van der Waals surface area contributed by atoms with Crippen LogP contribution >= 0.6 is 0 Å². The number of hydrogen-bond acceptors (Lipinski definition) is 3. The van der Waals surface area contributed by atoms with E-state index in [0.717, 1.165) is 19.1 Å². The van der Waals surface area contributed by atoms with Gasteiger partial charge >= 0.3 is 0 Å². The standard InChI is InChI=1S/C15H21FN2O3S/c1-11-6-7-12(9-13(11)16)10-17-15(19)14-5-3-4-8-18(14)22(2,20)21/h6-7,9,14H,3-5,8,10H2,1-2H3,(H,17,19). The lowest BCUT2D eigenvalue weighted by Crippen LogP contribution is -2.51. The highest BCUT2D eigenvalue weighted by atomic mass is 32.2. The van der Waals surface area contributed by atoms with Crippen LogP contribution in [0.2, 0.25) is 0 Å². The largest absolute Gasteiger partial charge is 0.351 e. The number of carbonyl (C=O) groups is 1. The number of rotatable bonds is 4. The van der Waals surface area contributed by atoms with Gasteiger partial charge < -0.3 is 5.32 Å². The lowest BCUT2D eigenvalue weighted by Gasteiger charge is -2.32. The molecule has 122 valence electrons. The van der Waals surface area contributed by atoms with E-state index in [1.54, 1.807) is 19.1 Å². The highest BCUT2D eigenvalue weighted by Crippen LogP contribution is 2.20. The molecule has 1 saturated heterocycles. The molecule has 1 aromatic carbocycles. The molecule has 22 heavy (non-hydrogen) atoms. The molecule has 5 nitrogen and oxygen atoms in total. The average molecular weight is 328 g/mol. The van der Waals surface area contributed by atoms with Crippen LogP contribution in [0.1, 0.15) is 30.4 Å². The number of benzene rings is 1. The van der Waals surface area contributed by atoms with Gasteiger partial charge in [0.1, 0.15) is 11.9 Å². The minimum Gasteiger partial charge on any atom is -0.351 e. The maximum absolute atomic E-state index is 13.5. The van der Waals surface area contributed by atoms with Gasteiger partial charge in [-0.2, -0.15) is 4.31 Å². The van der Waals surface area contributed by atoms with E-state index < -0.39 is 16.1 Å². The molecule has 1 aliphatic rings. The maximum Gasteiger partial charge on any atom is 0.238 e. The van der Waals surface area contributed by atoms with Crippen molar-refractivity contribution in [2.75, 3.05) is 12.8 Å². The van der Waals surface area contributed by atoms with Crippen molar-refractivity contribution >= 4 is 15.9 Å². The predicted molar refractivity (Wildman–Crippen MR) is 82.2 cm³/mol. The van der Waals surface area contributed by atoms with E-state index in [9.17, 15) is 17.6 Å². The zero-order valence-electron chi connectivity index (χ0n) is 12.8. The Kier molecular flexibility index (Phi) is 5.18. The number of piperidine rings is 1. The molecule has 7 heteroatoms. The minimum atomic E-state index is -3.40. The number of nitrogens with zero attached hydrogens (tertiary/aromatic N) is 1. The summed E-state index contributed by atoms with van der Waals surface area (Å²) < 4.78 is 38.2. The van der Waals surface area contributed by atoms with Crippen molar-refractivity contribution in [1.29, 1.82) is 0 Å². The molecule has 1 heterocycles. The number of carbonyl (C=O) groups excluding carboxylic acids is 1. The van der Waals surface area contributed by atoms with Crippen molar-refractivity contribution in [3.63, 3.8) is 0 Å². The Hall–Kier alpha value is -1.47. The molecule has 1 atom stereocenters. The number of amides is 1. The Morgan fingerprint density at radius 2 is 2.14 bits per heavy atom. The van der Waals surface area contributed by atoms with Crippen molar-refractivity contribution in [3.05, 3.63) is 35.1 Å². The summed E-state index contributed by atoms with van der Waals surface area (Å²) in [7, 11) is -3.40. The third-order valence-electron chi connectivity index (χ3n) is 3.89. The van der Waals surface area contributed by atoms with Gasteiger partial charge in [0.15, 0.2) is 0 Å². The van der Waals surface area contributed by atoms with Crippen LogP contribution in [0.3, 0.4) is 0 Å². The Balaban J connectivity index is 2.02. The Bertz CT molecular complexity index is 661. The van der Waals surface area contributed by atoms with E-state index in [4.69, 9.17) is 0 Å². The molecule has 0 aromatic heterocycles. The van der Waals surface area contributed by atoms with Gasteiger partial charge in [0, 0.05) is 13.1 Å². The van der Waals surface area contributed by atoms with Crippen LogP contribution in [0.15, 0.2) is 18.2 Å². The molecular weight excluding hydrogens is 307 g/mol. The van der Waals surface area contributed by atoms with Crippen LogP contribution < -0.4 is 5.32 Å². The van der Waals surface area contributed by atoms with Gasteiger partial charge in [-0.3, -0.25) is 4.79 Å². The normalized spacial score (nSPS) is 19.9. The molecule has 0 saturated carbocycles. The van der Waals surface area contributed by atoms with Gasteiger partial charge in [-0.1, -0.05) is 18.6 Å². The van der Waals surface area contributed by atoms with Gasteiger partial charge in [0.25, 0.3) is 0 Å². The lowest BCUT2D eigenvalue weighted by molar-refractivity contribution is -0.125. The molecule has 1 amide bonds. The second-order valence-electron chi connectivity index (χ2n) is 5.69. The smallest absolute Gasteiger partial charge is 0.238 e. The topological polar surface area (TPSA) is 66.5 Å². The Morgan fingerprint density at radius 3 is 2.77 bits per heavy atom. The Labute approximate surface area is 130 Å². The van der Waals surface area contributed by atoms with Crippen molar-refractivity contribution < 1.29 is 17.6 Å². The van der Waals surface area contributed by atoms with Crippen molar-refractivity contribution in [3.8, 4) is 0 Å². The second kappa shape index (κ2) is 6.75. The van der Waals surface area contributed by atoms with Crippen LogP contribution in [0, 0.1) is 12.7 Å². The van der Waals surface area contributed by atoms with Gasteiger partial charge in [-0.15, -0.1) is 0 Å².